The Hall–Kier alpha value is -2.34. The van der Waals surface area contributed by atoms with E-state index >= 15 is 0 Å². The highest BCUT2D eigenvalue weighted by Crippen LogP contribution is 2.34. The zero-order valence-electron chi connectivity index (χ0n) is 19.2. The third-order valence-corrected chi connectivity index (χ3v) is 7.68. The van der Waals surface area contributed by atoms with Crippen LogP contribution in [0.3, 0.4) is 0 Å². The van der Waals surface area contributed by atoms with E-state index in [4.69, 9.17) is 4.74 Å². The first-order valence-corrected chi connectivity index (χ1v) is 12.8. The van der Waals surface area contributed by atoms with Crippen LogP contribution in [0.4, 0.5) is 0 Å². The summed E-state index contributed by atoms with van der Waals surface area (Å²) in [4.78, 5) is 31.6. The molecule has 2 amide bonds. The Bertz CT molecular complexity index is 917. The minimum atomic E-state index is -0.121. The molecule has 0 N–H and O–H groups in total. The van der Waals surface area contributed by atoms with Crippen molar-refractivity contribution in [3.05, 3.63) is 51.7 Å². The van der Waals surface area contributed by atoms with Gasteiger partial charge in [0.25, 0.3) is 0 Å². The number of carbonyl (C=O) groups excluding carboxylic acids is 2. The van der Waals surface area contributed by atoms with Crippen LogP contribution < -0.4 is 4.74 Å². The van der Waals surface area contributed by atoms with Crippen LogP contribution in [0.1, 0.15) is 61.1 Å². The second-order valence-corrected chi connectivity index (χ2v) is 10.0. The molecule has 4 rings (SSSR count). The molecule has 2 heterocycles. The first kappa shape index (κ1) is 22.8. The van der Waals surface area contributed by atoms with Gasteiger partial charge in [-0.15, -0.1) is 11.3 Å². The molecule has 1 saturated carbocycles. The smallest absolute Gasteiger partial charge is 0.242 e. The quantitative estimate of drug-likeness (QED) is 0.565. The molecule has 1 aliphatic heterocycles. The molecule has 0 bridgehead atoms. The molecule has 0 radical (unpaired) electrons. The van der Waals surface area contributed by atoms with Crippen molar-refractivity contribution < 1.29 is 14.3 Å². The number of hydrogen-bond donors (Lipinski definition) is 0. The fourth-order valence-corrected chi connectivity index (χ4v) is 5.83. The molecule has 6 heteroatoms. The van der Waals surface area contributed by atoms with Gasteiger partial charge in [-0.05, 0) is 61.7 Å². The van der Waals surface area contributed by atoms with E-state index < -0.39 is 0 Å². The predicted molar refractivity (Wildman–Crippen MR) is 128 cm³/mol. The Morgan fingerprint density at radius 1 is 1.16 bits per heavy atom. The summed E-state index contributed by atoms with van der Waals surface area (Å²) in [6, 6.07) is 10.0. The number of ether oxygens (including phenoxy) is 1. The molecular formula is C26H34N2O3S. The first-order chi connectivity index (χ1) is 15.6. The summed E-state index contributed by atoms with van der Waals surface area (Å²) in [6.45, 7) is 6.02. The van der Waals surface area contributed by atoms with Crippen molar-refractivity contribution in [3.8, 4) is 5.75 Å². The van der Waals surface area contributed by atoms with Crippen LogP contribution in [0.5, 0.6) is 5.75 Å². The molecule has 1 atom stereocenters. The highest BCUT2D eigenvalue weighted by Gasteiger charge is 2.34. The average molecular weight is 455 g/mol. The Morgan fingerprint density at radius 2 is 1.91 bits per heavy atom. The predicted octanol–water partition coefficient (Wildman–Crippen LogP) is 4.99. The molecule has 2 aliphatic rings. The van der Waals surface area contributed by atoms with E-state index in [1.807, 2.05) is 29.2 Å². The van der Waals surface area contributed by atoms with Gasteiger partial charge in [-0.1, -0.05) is 37.5 Å². The third kappa shape index (κ3) is 5.17. The highest BCUT2D eigenvalue weighted by molar-refractivity contribution is 7.10. The van der Waals surface area contributed by atoms with Crippen molar-refractivity contribution in [2.24, 2.45) is 5.92 Å². The summed E-state index contributed by atoms with van der Waals surface area (Å²) >= 11 is 1.75. The lowest BCUT2D eigenvalue weighted by molar-refractivity contribution is -0.144. The van der Waals surface area contributed by atoms with Gasteiger partial charge in [0, 0.05) is 23.9 Å². The van der Waals surface area contributed by atoms with Crippen LogP contribution >= 0.6 is 11.3 Å². The average Bonchev–Trinajstić information content (AvgIpc) is 3.50. The molecule has 172 valence electrons. The van der Waals surface area contributed by atoms with E-state index in [9.17, 15) is 9.59 Å². The van der Waals surface area contributed by atoms with Crippen LogP contribution in [-0.2, 0) is 16.0 Å². The summed E-state index contributed by atoms with van der Waals surface area (Å²) in [5.74, 6) is 1.10. The van der Waals surface area contributed by atoms with Crippen LogP contribution in [-0.4, -0.2) is 47.9 Å². The molecule has 2 aromatic rings. The maximum Gasteiger partial charge on any atom is 0.242 e. The van der Waals surface area contributed by atoms with Crippen LogP contribution in [0, 0.1) is 12.8 Å². The topological polar surface area (TPSA) is 49.9 Å². The molecule has 1 aromatic carbocycles. The minimum absolute atomic E-state index is 0.0270. The Labute approximate surface area is 195 Å². The van der Waals surface area contributed by atoms with Crippen LogP contribution in [0.25, 0.3) is 0 Å². The van der Waals surface area contributed by atoms with Crippen molar-refractivity contribution >= 4 is 23.2 Å². The summed E-state index contributed by atoms with van der Waals surface area (Å²) in [5, 5.41) is 2.10. The van der Waals surface area contributed by atoms with Gasteiger partial charge in [0.15, 0.2) is 0 Å². The van der Waals surface area contributed by atoms with E-state index in [0.717, 1.165) is 44.3 Å². The van der Waals surface area contributed by atoms with Crippen LogP contribution in [0.15, 0.2) is 35.7 Å². The highest BCUT2D eigenvalue weighted by atomic mass is 32.1. The number of rotatable bonds is 8. The first-order valence-electron chi connectivity index (χ1n) is 11.9. The normalized spacial score (nSPS) is 18.4. The van der Waals surface area contributed by atoms with E-state index in [0.29, 0.717) is 19.7 Å². The molecule has 5 nitrogen and oxygen atoms in total. The molecule has 1 fully saturated rings. The Balaban J connectivity index is 1.48. The molecule has 0 saturated heterocycles. The van der Waals surface area contributed by atoms with Gasteiger partial charge in [-0.3, -0.25) is 9.59 Å². The Kier molecular flexibility index (Phi) is 7.51. The van der Waals surface area contributed by atoms with Crippen molar-refractivity contribution in [2.75, 3.05) is 26.2 Å². The van der Waals surface area contributed by atoms with Crippen LogP contribution in [0.2, 0.25) is 0 Å². The zero-order chi connectivity index (χ0) is 22.5. The third-order valence-electron chi connectivity index (χ3n) is 6.68. The maximum absolute atomic E-state index is 13.5. The molecule has 1 aliphatic carbocycles. The van der Waals surface area contributed by atoms with Gasteiger partial charge in [0.05, 0.1) is 12.6 Å². The van der Waals surface area contributed by atoms with Gasteiger partial charge in [0.2, 0.25) is 11.8 Å². The summed E-state index contributed by atoms with van der Waals surface area (Å²) in [7, 11) is 0. The number of hydrogen-bond acceptors (Lipinski definition) is 4. The van der Waals surface area contributed by atoms with Gasteiger partial charge in [-0.2, -0.15) is 0 Å². The number of thiophene rings is 1. The maximum atomic E-state index is 13.5. The number of carbonyl (C=O) groups is 2. The van der Waals surface area contributed by atoms with E-state index in [2.05, 4.69) is 25.3 Å². The Morgan fingerprint density at radius 3 is 2.62 bits per heavy atom. The molecule has 32 heavy (non-hydrogen) atoms. The number of aryl methyl sites for hydroxylation is 1. The van der Waals surface area contributed by atoms with Crippen molar-refractivity contribution in [1.82, 2.24) is 9.80 Å². The lowest BCUT2D eigenvalue weighted by Crippen LogP contribution is -2.48. The molecular weight excluding hydrogens is 420 g/mol. The second kappa shape index (κ2) is 10.5. The molecule has 1 aromatic heterocycles. The molecule has 1 unspecified atom stereocenters. The van der Waals surface area contributed by atoms with E-state index in [1.54, 1.807) is 16.2 Å². The standard InChI is InChI=1S/C26H34N2O3S/c1-3-14-27(26(30)20-6-4-5-7-20)17-25(29)28-15-12-24-22(13-16-32-24)23(28)18-31-21-10-8-19(2)9-11-21/h8-11,13,16,20,23H,3-7,12,14-15,17-18H2,1-2H3. The fraction of sp³-hybridized carbons (Fsp3) is 0.538. The zero-order valence-corrected chi connectivity index (χ0v) is 20.0. The van der Waals surface area contributed by atoms with Gasteiger partial charge in [-0.25, -0.2) is 0 Å². The largest absolute Gasteiger partial charge is 0.491 e. The van der Waals surface area contributed by atoms with Crippen molar-refractivity contribution in [3.63, 3.8) is 0 Å². The number of benzene rings is 1. The SMILES string of the molecule is CCCN(CC(=O)N1CCc2sccc2C1COc1ccc(C)cc1)C(=O)C1CCCC1. The van der Waals surface area contributed by atoms with E-state index in [1.165, 1.54) is 16.0 Å². The lowest BCUT2D eigenvalue weighted by Gasteiger charge is -2.37. The lowest BCUT2D eigenvalue weighted by atomic mass is 10.00. The van der Waals surface area contributed by atoms with E-state index in [-0.39, 0.29) is 30.3 Å². The van der Waals surface area contributed by atoms with Crippen molar-refractivity contribution in [2.45, 2.75) is 58.4 Å². The second-order valence-electron chi connectivity index (χ2n) is 9.02. The summed E-state index contributed by atoms with van der Waals surface area (Å²) in [5.41, 5.74) is 2.38. The van der Waals surface area contributed by atoms with Gasteiger partial charge < -0.3 is 14.5 Å². The number of fused-ring (bicyclic) bond motifs is 1. The van der Waals surface area contributed by atoms with Crippen molar-refractivity contribution in [1.29, 1.82) is 0 Å². The number of nitrogens with zero attached hydrogens (tertiary/aromatic N) is 2. The molecule has 0 spiro atoms. The van der Waals surface area contributed by atoms with Gasteiger partial charge in [0.1, 0.15) is 12.4 Å². The minimum Gasteiger partial charge on any atom is -0.491 e. The summed E-state index contributed by atoms with van der Waals surface area (Å²) in [6.07, 6.45) is 5.89. The fourth-order valence-electron chi connectivity index (χ4n) is 4.91. The number of amides is 2. The monoisotopic (exact) mass is 454 g/mol. The summed E-state index contributed by atoms with van der Waals surface area (Å²) < 4.78 is 6.12. The van der Waals surface area contributed by atoms with Gasteiger partial charge >= 0.3 is 0 Å².